The van der Waals surface area contributed by atoms with Gasteiger partial charge < -0.3 is 9.84 Å². The van der Waals surface area contributed by atoms with Gasteiger partial charge in [0.2, 0.25) is 0 Å². The van der Waals surface area contributed by atoms with Crippen LogP contribution in [0.5, 0.6) is 5.75 Å². The van der Waals surface area contributed by atoms with Crippen LogP contribution in [0.25, 0.3) is 0 Å². The first-order chi connectivity index (χ1) is 13.0. The Bertz CT molecular complexity index is 534. The van der Waals surface area contributed by atoms with Crippen molar-refractivity contribution < 1.29 is 14.6 Å². The lowest BCUT2D eigenvalue weighted by Gasteiger charge is -2.15. The lowest BCUT2D eigenvalue weighted by molar-refractivity contribution is -0.145. The fourth-order valence-electron chi connectivity index (χ4n) is 3.12. The van der Waals surface area contributed by atoms with Crippen molar-refractivity contribution in [2.75, 3.05) is 0 Å². The van der Waals surface area contributed by atoms with Gasteiger partial charge in [0.25, 0.3) is 0 Å². The molecule has 1 N–H and O–H groups in total. The van der Waals surface area contributed by atoms with Gasteiger partial charge in [-0.1, -0.05) is 101 Å². The van der Waals surface area contributed by atoms with Crippen molar-refractivity contribution in [2.45, 2.75) is 96.5 Å². The molecule has 0 saturated heterocycles. The second-order valence-corrected chi connectivity index (χ2v) is 8.01. The SMILES string of the molecule is CCCCCCCCCCCCCCC(Oc1ccc(Cl)c(Cl)c1)C(=O)O. The highest BCUT2D eigenvalue weighted by atomic mass is 35.5. The van der Waals surface area contributed by atoms with Crippen LogP contribution in [0.2, 0.25) is 10.0 Å². The first-order valence-electron chi connectivity index (χ1n) is 10.4. The molecular weight excluding hydrogens is 383 g/mol. The molecule has 0 fully saturated rings. The van der Waals surface area contributed by atoms with Crippen molar-refractivity contribution in [1.29, 1.82) is 0 Å². The number of ether oxygens (including phenoxy) is 1. The molecule has 3 nitrogen and oxygen atoms in total. The van der Waals surface area contributed by atoms with Crippen molar-refractivity contribution in [3.8, 4) is 5.75 Å². The number of hydrogen-bond acceptors (Lipinski definition) is 2. The predicted molar refractivity (Wildman–Crippen MR) is 114 cm³/mol. The zero-order chi connectivity index (χ0) is 19.9. The van der Waals surface area contributed by atoms with Crippen LogP contribution in [-0.2, 0) is 4.79 Å². The Morgan fingerprint density at radius 2 is 1.41 bits per heavy atom. The van der Waals surface area contributed by atoms with Gasteiger partial charge in [-0.15, -0.1) is 0 Å². The molecule has 0 amide bonds. The van der Waals surface area contributed by atoms with Crippen LogP contribution in [0.3, 0.4) is 0 Å². The van der Waals surface area contributed by atoms with E-state index in [0.29, 0.717) is 22.2 Å². The molecular formula is C22H34Cl2O3. The summed E-state index contributed by atoms with van der Waals surface area (Å²) in [6.45, 7) is 2.25. The van der Waals surface area contributed by atoms with E-state index in [0.717, 1.165) is 19.3 Å². The Hall–Kier alpha value is -0.930. The number of carboxylic acid groups (broad SMARTS) is 1. The molecule has 0 heterocycles. The van der Waals surface area contributed by atoms with Crippen molar-refractivity contribution in [1.82, 2.24) is 0 Å². The van der Waals surface area contributed by atoms with Crippen LogP contribution in [0.4, 0.5) is 0 Å². The zero-order valence-electron chi connectivity index (χ0n) is 16.5. The predicted octanol–water partition coefficient (Wildman–Crippen LogP) is 7.92. The van der Waals surface area contributed by atoms with Crippen LogP contribution in [0.15, 0.2) is 18.2 Å². The summed E-state index contributed by atoms with van der Waals surface area (Å²) in [5.74, 6) is -0.500. The summed E-state index contributed by atoms with van der Waals surface area (Å²) in [6.07, 6.45) is 14.7. The average Bonchev–Trinajstić information content (AvgIpc) is 2.64. The van der Waals surface area contributed by atoms with E-state index in [2.05, 4.69) is 6.92 Å². The van der Waals surface area contributed by atoms with Gasteiger partial charge in [-0.05, 0) is 25.0 Å². The topological polar surface area (TPSA) is 46.5 Å². The maximum absolute atomic E-state index is 11.4. The lowest BCUT2D eigenvalue weighted by atomic mass is 10.0. The quantitative estimate of drug-likeness (QED) is 0.278. The number of benzene rings is 1. The van der Waals surface area contributed by atoms with E-state index in [1.807, 2.05) is 0 Å². The van der Waals surface area contributed by atoms with Crippen LogP contribution >= 0.6 is 23.2 Å². The Morgan fingerprint density at radius 3 is 1.89 bits per heavy atom. The summed E-state index contributed by atoms with van der Waals surface area (Å²) in [6, 6.07) is 4.82. The van der Waals surface area contributed by atoms with E-state index in [1.165, 1.54) is 57.8 Å². The van der Waals surface area contributed by atoms with E-state index >= 15 is 0 Å². The molecule has 1 atom stereocenters. The number of rotatable bonds is 16. The van der Waals surface area contributed by atoms with Gasteiger partial charge in [0.1, 0.15) is 5.75 Å². The third kappa shape index (κ3) is 11.5. The second kappa shape index (κ2) is 15.0. The van der Waals surface area contributed by atoms with E-state index in [9.17, 15) is 9.90 Å². The normalized spacial score (nSPS) is 12.1. The second-order valence-electron chi connectivity index (χ2n) is 7.20. The molecule has 0 aliphatic rings. The number of halogens is 2. The van der Waals surface area contributed by atoms with Gasteiger partial charge in [-0.3, -0.25) is 0 Å². The van der Waals surface area contributed by atoms with E-state index in [-0.39, 0.29) is 0 Å². The zero-order valence-corrected chi connectivity index (χ0v) is 18.0. The molecule has 27 heavy (non-hydrogen) atoms. The fraction of sp³-hybridized carbons (Fsp3) is 0.682. The fourth-order valence-corrected chi connectivity index (χ4v) is 3.41. The lowest BCUT2D eigenvalue weighted by Crippen LogP contribution is -2.26. The largest absolute Gasteiger partial charge is 0.479 e. The molecule has 0 radical (unpaired) electrons. The molecule has 5 heteroatoms. The highest BCUT2D eigenvalue weighted by molar-refractivity contribution is 6.42. The van der Waals surface area contributed by atoms with Crippen LogP contribution in [-0.4, -0.2) is 17.2 Å². The molecule has 154 valence electrons. The number of unbranched alkanes of at least 4 members (excludes halogenated alkanes) is 11. The molecule has 1 aromatic carbocycles. The Labute approximate surface area is 174 Å². The van der Waals surface area contributed by atoms with E-state index in [1.54, 1.807) is 18.2 Å². The first kappa shape index (κ1) is 24.1. The van der Waals surface area contributed by atoms with Crippen molar-refractivity contribution in [2.24, 2.45) is 0 Å². The Kier molecular flexibility index (Phi) is 13.4. The van der Waals surface area contributed by atoms with E-state index < -0.39 is 12.1 Å². The molecule has 0 aromatic heterocycles. The van der Waals surface area contributed by atoms with E-state index in [4.69, 9.17) is 27.9 Å². The maximum Gasteiger partial charge on any atom is 0.344 e. The highest BCUT2D eigenvalue weighted by Crippen LogP contribution is 2.27. The first-order valence-corrected chi connectivity index (χ1v) is 11.1. The van der Waals surface area contributed by atoms with Gasteiger partial charge in [-0.25, -0.2) is 4.79 Å². The third-order valence-corrected chi connectivity index (χ3v) is 5.50. The number of carbonyl (C=O) groups is 1. The number of aliphatic carboxylic acids is 1. The van der Waals surface area contributed by atoms with Crippen molar-refractivity contribution >= 4 is 29.2 Å². The molecule has 0 aliphatic heterocycles. The summed E-state index contributed by atoms with van der Waals surface area (Å²) in [5.41, 5.74) is 0. The summed E-state index contributed by atoms with van der Waals surface area (Å²) < 4.78 is 5.57. The molecule has 1 aromatic rings. The van der Waals surface area contributed by atoms with Crippen LogP contribution < -0.4 is 4.74 Å². The smallest absolute Gasteiger partial charge is 0.344 e. The third-order valence-electron chi connectivity index (χ3n) is 4.76. The summed E-state index contributed by atoms with van der Waals surface area (Å²) in [5, 5.41) is 10.1. The van der Waals surface area contributed by atoms with Gasteiger partial charge in [0.15, 0.2) is 6.10 Å². The van der Waals surface area contributed by atoms with Gasteiger partial charge >= 0.3 is 5.97 Å². The molecule has 1 rings (SSSR count). The minimum Gasteiger partial charge on any atom is -0.479 e. The molecule has 0 aliphatic carbocycles. The molecule has 0 saturated carbocycles. The summed E-state index contributed by atoms with van der Waals surface area (Å²) in [4.78, 5) is 11.4. The Morgan fingerprint density at radius 1 is 0.889 bits per heavy atom. The monoisotopic (exact) mass is 416 g/mol. The van der Waals surface area contributed by atoms with Crippen molar-refractivity contribution in [3.05, 3.63) is 28.2 Å². The molecule has 0 spiro atoms. The van der Waals surface area contributed by atoms with Crippen molar-refractivity contribution in [3.63, 3.8) is 0 Å². The standard InChI is InChI=1S/C22H34Cl2O3/c1-2-3-4-5-6-7-8-9-10-11-12-13-14-21(22(25)26)27-18-15-16-19(23)20(24)17-18/h15-17,21H,2-14H2,1H3,(H,25,26). The minimum absolute atomic E-state index is 0.365. The van der Waals surface area contributed by atoms with Gasteiger partial charge in [0.05, 0.1) is 10.0 Å². The average molecular weight is 417 g/mol. The van der Waals surface area contributed by atoms with Gasteiger partial charge in [0, 0.05) is 6.07 Å². The maximum atomic E-state index is 11.4. The highest BCUT2D eigenvalue weighted by Gasteiger charge is 2.19. The van der Waals surface area contributed by atoms with Crippen LogP contribution in [0.1, 0.15) is 90.4 Å². The summed E-state index contributed by atoms with van der Waals surface area (Å²) in [7, 11) is 0. The molecule has 0 bridgehead atoms. The van der Waals surface area contributed by atoms with Crippen LogP contribution in [0, 0.1) is 0 Å². The van der Waals surface area contributed by atoms with Gasteiger partial charge in [-0.2, -0.15) is 0 Å². The Balaban J connectivity index is 2.10. The number of hydrogen-bond donors (Lipinski definition) is 1. The minimum atomic E-state index is -0.941. The molecule has 1 unspecified atom stereocenters. The summed E-state index contributed by atoms with van der Waals surface area (Å²) >= 11 is 11.8. The number of carboxylic acids is 1.